The van der Waals surface area contributed by atoms with E-state index in [1.807, 2.05) is 0 Å². The van der Waals surface area contributed by atoms with E-state index in [0.717, 1.165) is 25.7 Å². The Morgan fingerprint density at radius 1 is 0.818 bits per heavy atom. The molecule has 1 nitrogen and oxygen atoms in total. The summed E-state index contributed by atoms with van der Waals surface area (Å²) >= 11 is 0. The fourth-order valence-corrected chi connectivity index (χ4v) is 4.77. The molecule has 1 heteroatoms. The van der Waals surface area contributed by atoms with Crippen LogP contribution < -0.4 is 0 Å². The molecular formula is C21H22O. The van der Waals surface area contributed by atoms with Crippen LogP contribution in [0.4, 0.5) is 0 Å². The van der Waals surface area contributed by atoms with Crippen LogP contribution in [0.2, 0.25) is 0 Å². The minimum atomic E-state index is -0.161. The van der Waals surface area contributed by atoms with Crippen molar-refractivity contribution < 1.29 is 4.79 Å². The summed E-state index contributed by atoms with van der Waals surface area (Å²) < 4.78 is 0. The van der Waals surface area contributed by atoms with Crippen molar-refractivity contribution in [1.82, 2.24) is 0 Å². The zero-order chi connectivity index (χ0) is 15.0. The van der Waals surface area contributed by atoms with Gasteiger partial charge in [0.2, 0.25) is 0 Å². The van der Waals surface area contributed by atoms with E-state index in [-0.39, 0.29) is 5.41 Å². The van der Waals surface area contributed by atoms with Gasteiger partial charge in [0.15, 0.2) is 0 Å². The number of benzene rings is 2. The van der Waals surface area contributed by atoms with Crippen LogP contribution in [-0.2, 0) is 17.6 Å². The van der Waals surface area contributed by atoms with Gasteiger partial charge in [0.1, 0.15) is 5.78 Å². The molecule has 0 aromatic heterocycles. The lowest BCUT2D eigenvalue weighted by molar-refractivity contribution is -0.132. The summed E-state index contributed by atoms with van der Waals surface area (Å²) in [7, 11) is 0. The van der Waals surface area contributed by atoms with Gasteiger partial charge in [-0.3, -0.25) is 4.79 Å². The van der Waals surface area contributed by atoms with Crippen molar-refractivity contribution in [2.75, 3.05) is 0 Å². The second kappa shape index (κ2) is 5.39. The molecule has 4 rings (SSSR count). The number of hydrogen-bond donors (Lipinski definition) is 0. The quantitative estimate of drug-likeness (QED) is 0.812. The van der Waals surface area contributed by atoms with Crippen LogP contribution in [0.3, 0.4) is 0 Å². The van der Waals surface area contributed by atoms with Crippen molar-refractivity contribution >= 4 is 5.78 Å². The zero-order valence-corrected chi connectivity index (χ0v) is 12.9. The Balaban J connectivity index is 1.70. The third-order valence-electron chi connectivity index (χ3n) is 5.80. The fourth-order valence-electron chi connectivity index (χ4n) is 4.77. The first-order valence-corrected chi connectivity index (χ1v) is 8.40. The van der Waals surface area contributed by atoms with Crippen LogP contribution in [0, 0.1) is 17.3 Å². The van der Waals surface area contributed by atoms with Crippen LogP contribution >= 0.6 is 0 Å². The number of hydrogen-bond acceptors (Lipinski definition) is 1. The van der Waals surface area contributed by atoms with E-state index in [1.165, 1.54) is 17.5 Å². The molecule has 0 amide bonds. The summed E-state index contributed by atoms with van der Waals surface area (Å²) in [6.07, 6.45) is 5.29. The number of ketones is 1. The van der Waals surface area contributed by atoms with Gasteiger partial charge in [0.25, 0.3) is 0 Å². The van der Waals surface area contributed by atoms with Crippen molar-refractivity contribution in [2.24, 2.45) is 17.3 Å². The Morgan fingerprint density at radius 3 is 1.82 bits per heavy atom. The first kappa shape index (κ1) is 13.8. The highest BCUT2D eigenvalue weighted by molar-refractivity contribution is 5.91. The van der Waals surface area contributed by atoms with Gasteiger partial charge in [0, 0.05) is 11.3 Å². The molecule has 2 saturated carbocycles. The topological polar surface area (TPSA) is 17.1 Å². The molecule has 2 aliphatic rings. The minimum absolute atomic E-state index is 0.161. The van der Waals surface area contributed by atoms with E-state index in [1.54, 1.807) is 0 Å². The van der Waals surface area contributed by atoms with Crippen molar-refractivity contribution in [1.29, 1.82) is 0 Å². The summed E-state index contributed by atoms with van der Waals surface area (Å²) in [5.74, 6) is 1.44. The molecule has 0 heterocycles. The Morgan fingerprint density at radius 2 is 1.36 bits per heavy atom. The Bertz CT molecular complexity index is 617. The standard InChI is InChI=1S/C21H22O/c22-20-18-11-12-19(13-18)21(20,14-16-7-3-1-4-8-16)15-17-9-5-2-6-10-17/h1-10,18-19H,11-15H2/t18-,19+/m0/s1. The van der Waals surface area contributed by atoms with E-state index >= 15 is 0 Å². The third kappa shape index (κ3) is 2.20. The average Bonchev–Trinajstić information content (AvgIpc) is 3.13. The van der Waals surface area contributed by atoms with E-state index in [0.29, 0.717) is 17.6 Å². The molecular weight excluding hydrogens is 268 g/mol. The molecule has 0 radical (unpaired) electrons. The van der Waals surface area contributed by atoms with Gasteiger partial charge < -0.3 is 0 Å². The highest BCUT2D eigenvalue weighted by atomic mass is 16.1. The van der Waals surface area contributed by atoms with E-state index in [4.69, 9.17) is 0 Å². The Labute approximate surface area is 132 Å². The molecule has 0 spiro atoms. The first-order valence-electron chi connectivity index (χ1n) is 8.40. The SMILES string of the molecule is O=C1[C@H]2CC[C@H](C2)C1(Cc1ccccc1)Cc1ccccc1. The average molecular weight is 290 g/mol. The van der Waals surface area contributed by atoms with Gasteiger partial charge in [-0.05, 0) is 49.1 Å². The lowest BCUT2D eigenvalue weighted by atomic mass is 9.65. The predicted octanol–water partition coefficient (Wildman–Crippen LogP) is 4.46. The summed E-state index contributed by atoms with van der Waals surface area (Å²) in [6.45, 7) is 0. The predicted molar refractivity (Wildman–Crippen MR) is 88.6 cm³/mol. The summed E-state index contributed by atoms with van der Waals surface area (Å²) in [4.78, 5) is 13.1. The van der Waals surface area contributed by atoms with E-state index < -0.39 is 0 Å². The monoisotopic (exact) mass is 290 g/mol. The zero-order valence-electron chi connectivity index (χ0n) is 12.9. The van der Waals surface area contributed by atoms with Gasteiger partial charge in [0.05, 0.1) is 0 Å². The van der Waals surface area contributed by atoms with Crippen molar-refractivity contribution in [2.45, 2.75) is 32.1 Å². The number of carbonyl (C=O) groups excluding carboxylic acids is 1. The largest absolute Gasteiger partial charge is 0.299 e. The van der Waals surface area contributed by atoms with Crippen LogP contribution in [0.5, 0.6) is 0 Å². The third-order valence-corrected chi connectivity index (χ3v) is 5.80. The highest BCUT2D eigenvalue weighted by Crippen LogP contribution is 2.56. The first-order chi connectivity index (χ1) is 10.8. The molecule has 0 aliphatic heterocycles. The molecule has 0 saturated heterocycles. The van der Waals surface area contributed by atoms with Gasteiger partial charge in [-0.2, -0.15) is 0 Å². The maximum atomic E-state index is 13.1. The molecule has 2 aliphatic carbocycles. The molecule has 2 aromatic carbocycles. The second-order valence-electron chi connectivity index (χ2n) is 7.05. The maximum absolute atomic E-state index is 13.1. The normalized spacial score (nSPS) is 25.5. The smallest absolute Gasteiger partial charge is 0.143 e. The fraction of sp³-hybridized carbons (Fsp3) is 0.381. The highest BCUT2D eigenvalue weighted by Gasteiger charge is 2.57. The Hall–Kier alpha value is -1.89. The molecule has 2 aromatic rings. The van der Waals surface area contributed by atoms with Crippen LogP contribution in [0.25, 0.3) is 0 Å². The molecule has 2 fully saturated rings. The number of carbonyl (C=O) groups is 1. The van der Waals surface area contributed by atoms with Crippen molar-refractivity contribution in [3.63, 3.8) is 0 Å². The maximum Gasteiger partial charge on any atom is 0.143 e. The van der Waals surface area contributed by atoms with Crippen LogP contribution in [0.15, 0.2) is 60.7 Å². The molecule has 2 atom stereocenters. The van der Waals surface area contributed by atoms with Crippen LogP contribution in [-0.4, -0.2) is 5.78 Å². The van der Waals surface area contributed by atoms with E-state index in [2.05, 4.69) is 60.7 Å². The molecule has 0 unspecified atom stereocenters. The lowest BCUT2D eigenvalue weighted by Crippen LogP contribution is -2.41. The molecule has 0 N–H and O–H groups in total. The Kier molecular flexibility index (Phi) is 3.37. The minimum Gasteiger partial charge on any atom is -0.299 e. The molecule has 22 heavy (non-hydrogen) atoms. The number of fused-ring (bicyclic) bond motifs is 2. The lowest BCUT2D eigenvalue weighted by Gasteiger charge is -2.37. The van der Waals surface area contributed by atoms with Gasteiger partial charge in [-0.25, -0.2) is 0 Å². The van der Waals surface area contributed by atoms with Crippen LogP contribution in [0.1, 0.15) is 30.4 Å². The molecule has 2 bridgehead atoms. The summed E-state index contributed by atoms with van der Waals surface area (Å²) in [5, 5.41) is 0. The van der Waals surface area contributed by atoms with Gasteiger partial charge >= 0.3 is 0 Å². The summed E-state index contributed by atoms with van der Waals surface area (Å²) in [5.41, 5.74) is 2.45. The van der Waals surface area contributed by atoms with Gasteiger partial charge in [-0.1, -0.05) is 60.7 Å². The van der Waals surface area contributed by atoms with Gasteiger partial charge in [-0.15, -0.1) is 0 Å². The molecule has 112 valence electrons. The number of Topliss-reactive ketones (excluding diaryl/α,β-unsaturated/α-hetero) is 1. The van der Waals surface area contributed by atoms with Crippen molar-refractivity contribution in [3.8, 4) is 0 Å². The second-order valence-corrected chi connectivity index (χ2v) is 7.05. The van der Waals surface area contributed by atoms with E-state index in [9.17, 15) is 4.79 Å². The number of rotatable bonds is 4. The van der Waals surface area contributed by atoms with Crippen molar-refractivity contribution in [3.05, 3.63) is 71.8 Å². The summed E-state index contributed by atoms with van der Waals surface area (Å²) in [6, 6.07) is 21.1.